The zero-order chi connectivity index (χ0) is 32.2. The van der Waals surface area contributed by atoms with E-state index in [1.165, 1.54) is 0 Å². The van der Waals surface area contributed by atoms with E-state index in [0.717, 1.165) is 53.4 Å². The summed E-state index contributed by atoms with van der Waals surface area (Å²) in [5, 5.41) is 1.75. The third kappa shape index (κ3) is 8.20. The van der Waals surface area contributed by atoms with Gasteiger partial charge in [-0.25, -0.2) is 0 Å². The number of hydrogen-bond donors (Lipinski definition) is 1. The summed E-state index contributed by atoms with van der Waals surface area (Å²) in [5.74, 6) is 1.17. The first kappa shape index (κ1) is 36.0. The molecule has 0 aliphatic rings. The molecule has 0 saturated carbocycles. The lowest BCUT2D eigenvalue weighted by atomic mass is 9.77. The molecule has 0 amide bonds. The lowest BCUT2D eigenvalue weighted by molar-refractivity contribution is -0.111. The second-order valence-corrected chi connectivity index (χ2v) is 17.0. The molecule has 0 aliphatic heterocycles. The van der Waals surface area contributed by atoms with E-state index in [2.05, 4.69) is 74.5 Å². The highest BCUT2D eigenvalue weighted by molar-refractivity contribution is 9.10. The van der Waals surface area contributed by atoms with Gasteiger partial charge in [0.25, 0.3) is 8.32 Å². The molecule has 0 saturated heterocycles. The summed E-state index contributed by atoms with van der Waals surface area (Å²) in [6.45, 7) is 13.6. The second-order valence-electron chi connectivity index (χ2n) is 12.3. The van der Waals surface area contributed by atoms with Crippen molar-refractivity contribution >= 4 is 34.6 Å². The molecule has 3 aromatic rings. The summed E-state index contributed by atoms with van der Waals surface area (Å²) < 4.78 is 24.4. The van der Waals surface area contributed by atoms with E-state index >= 15 is 0 Å². The van der Waals surface area contributed by atoms with Gasteiger partial charge in [-0.05, 0) is 50.6 Å². The van der Waals surface area contributed by atoms with E-state index in [1.54, 1.807) is 20.4 Å². The van der Waals surface area contributed by atoms with Gasteiger partial charge in [0.05, 0.1) is 18.2 Å². The van der Waals surface area contributed by atoms with Crippen LogP contribution >= 0.6 is 15.9 Å². The van der Waals surface area contributed by atoms with E-state index in [9.17, 15) is 4.80 Å². The minimum absolute atomic E-state index is 0.0981. The van der Waals surface area contributed by atoms with Crippen molar-refractivity contribution in [2.75, 3.05) is 27.6 Å². The number of aromatic nitrogens is 1. The third-order valence-electron chi connectivity index (χ3n) is 8.72. The third-order valence-corrected chi connectivity index (χ3v) is 13.8. The predicted octanol–water partition coefficient (Wildman–Crippen LogP) is 7.98. The van der Waals surface area contributed by atoms with Crippen LogP contribution in [0.2, 0.25) is 5.04 Å². The number of unbranched alkanes of at least 4 members (excludes halogenated alkanes) is 2. The quantitative estimate of drug-likeness (QED) is 0.0598. The SMILES string of the molecule is C=CC(C)(CCCCC(C)(C)[Si](O)(c1ccccc1)c1ccccc1)C(OCOC)c1ncc(Br)c(OCCCC)c1OC. The van der Waals surface area contributed by atoms with Gasteiger partial charge in [0, 0.05) is 18.7 Å². The van der Waals surface area contributed by atoms with Gasteiger partial charge in [-0.15, -0.1) is 6.58 Å². The number of methoxy groups -OCH3 is 2. The molecule has 0 bridgehead atoms. The Morgan fingerprint density at radius 1 is 0.932 bits per heavy atom. The lowest BCUT2D eigenvalue weighted by Gasteiger charge is -2.41. The van der Waals surface area contributed by atoms with Crippen molar-refractivity contribution in [1.29, 1.82) is 0 Å². The highest BCUT2D eigenvalue weighted by atomic mass is 79.9. The summed E-state index contributed by atoms with van der Waals surface area (Å²) in [4.78, 5) is 17.3. The number of hydrogen-bond acceptors (Lipinski definition) is 6. The summed E-state index contributed by atoms with van der Waals surface area (Å²) in [5.41, 5.74) is 0.168. The first-order valence-corrected chi connectivity index (χ1v) is 18.3. The van der Waals surface area contributed by atoms with E-state index in [-0.39, 0.29) is 11.8 Å². The van der Waals surface area contributed by atoms with Gasteiger partial charge in [0.2, 0.25) is 0 Å². The van der Waals surface area contributed by atoms with Gasteiger partial charge in [0.15, 0.2) is 11.5 Å². The molecule has 1 aromatic heterocycles. The van der Waals surface area contributed by atoms with Crippen LogP contribution in [0.5, 0.6) is 11.5 Å². The Morgan fingerprint density at radius 3 is 2.05 bits per heavy atom. The maximum Gasteiger partial charge on any atom is 0.258 e. The van der Waals surface area contributed by atoms with Crippen LogP contribution in [0.3, 0.4) is 0 Å². The van der Waals surface area contributed by atoms with E-state index in [4.69, 9.17) is 23.9 Å². The Morgan fingerprint density at radius 2 is 1.52 bits per heavy atom. The van der Waals surface area contributed by atoms with E-state index in [0.29, 0.717) is 23.8 Å². The van der Waals surface area contributed by atoms with Crippen LogP contribution in [0, 0.1) is 5.41 Å². The monoisotopic (exact) mass is 683 g/mol. The Kier molecular flexibility index (Phi) is 13.7. The molecule has 2 unspecified atom stereocenters. The molecule has 240 valence electrons. The molecular weight excluding hydrogens is 634 g/mol. The zero-order valence-electron chi connectivity index (χ0n) is 27.3. The Balaban J connectivity index is 1.86. The minimum Gasteiger partial charge on any atom is -0.491 e. The smallest absolute Gasteiger partial charge is 0.258 e. The molecule has 3 rings (SSSR count). The molecule has 1 N–H and O–H groups in total. The molecule has 0 fully saturated rings. The molecular formula is C36H50BrNO5Si. The zero-order valence-corrected chi connectivity index (χ0v) is 29.9. The van der Waals surface area contributed by atoms with Crippen LogP contribution in [0.4, 0.5) is 0 Å². The van der Waals surface area contributed by atoms with E-state index < -0.39 is 19.8 Å². The number of nitrogens with zero attached hydrogens (tertiary/aromatic N) is 1. The summed E-state index contributed by atoms with van der Waals surface area (Å²) in [6, 6.07) is 20.4. The van der Waals surface area contributed by atoms with Crippen molar-refractivity contribution in [2.45, 2.75) is 77.4 Å². The van der Waals surface area contributed by atoms with E-state index in [1.807, 2.05) is 42.5 Å². The van der Waals surface area contributed by atoms with Gasteiger partial charge in [-0.2, -0.15) is 0 Å². The average molecular weight is 685 g/mol. The molecule has 8 heteroatoms. The summed E-state index contributed by atoms with van der Waals surface area (Å²) in [6.07, 6.45) is 8.68. The first-order chi connectivity index (χ1) is 21.1. The topological polar surface area (TPSA) is 70.0 Å². The van der Waals surface area contributed by atoms with Crippen molar-refractivity contribution < 1.29 is 23.7 Å². The summed E-state index contributed by atoms with van der Waals surface area (Å²) >= 11 is 3.59. The molecule has 2 aromatic carbocycles. The molecule has 1 heterocycles. The molecule has 6 nitrogen and oxygen atoms in total. The Bertz CT molecular complexity index is 1270. The highest BCUT2D eigenvalue weighted by Gasteiger charge is 2.49. The van der Waals surface area contributed by atoms with Crippen LogP contribution in [-0.4, -0.2) is 45.7 Å². The van der Waals surface area contributed by atoms with Gasteiger partial charge in [-0.1, -0.05) is 114 Å². The fourth-order valence-corrected chi connectivity index (χ4v) is 10.1. The first-order valence-electron chi connectivity index (χ1n) is 15.5. The van der Waals surface area contributed by atoms with Gasteiger partial charge < -0.3 is 23.7 Å². The van der Waals surface area contributed by atoms with Crippen LogP contribution in [-0.2, 0) is 9.47 Å². The van der Waals surface area contributed by atoms with Crippen LogP contribution in [0.25, 0.3) is 0 Å². The maximum absolute atomic E-state index is 12.6. The Labute approximate surface area is 274 Å². The van der Waals surface area contributed by atoms with Crippen molar-refractivity contribution in [1.82, 2.24) is 4.98 Å². The number of benzene rings is 2. The second kappa shape index (κ2) is 16.7. The van der Waals surface area contributed by atoms with Crippen molar-refractivity contribution in [3.05, 3.63) is 89.7 Å². The van der Waals surface area contributed by atoms with Crippen molar-refractivity contribution in [3.63, 3.8) is 0 Å². The Hall–Kier alpha value is -2.49. The van der Waals surface area contributed by atoms with Gasteiger partial charge in [-0.3, -0.25) is 4.98 Å². The number of pyridine rings is 1. The van der Waals surface area contributed by atoms with Crippen LogP contribution in [0.15, 0.2) is 84.0 Å². The van der Waals surface area contributed by atoms with Gasteiger partial charge in [0.1, 0.15) is 18.6 Å². The fourth-order valence-electron chi connectivity index (χ4n) is 5.92. The molecule has 44 heavy (non-hydrogen) atoms. The fraction of sp³-hybridized carbons (Fsp3) is 0.472. The normalized spacial score (nSPS) is 14.1. The maximum atomic E-state index is 12.6. The lowest BCUT2D eigenvalue weighted by Crippen LogP contribution is -2.65. The van der Waals surface area contributed by atoms with Crippen LogP contribution < -0.4 is 19.8 Å². The number of halogens is 1. The molecule has 0 aliphatic carbocycles. The molecule has 2 atom stereocenters. The van der Waals surface area contributed by atoms with Crippen molar-refractivity contribution in [2.24, 2.45) is 5.41 Å². The standard InChI is InChI=1S/C36H50BrNO5Si/c1-8-10-25-42-32-30(37)26-38-31(33(32)41-7)34(43-27-40-6)36(5,9-2)24-18-17-23-35(3,4)44(39,28-19-13-11-14-20-28)29-21-15-12-16-22-29/h9,11-16,19-22,26,34,39H,2,8,10,17-18,23-25,27H2,1,3-7H3. The summed E-state index contributed by atoms with van der Waals surface area (Å²) in [7, 11) is 0.171. The largest absolute Gasteiger partial charge is 0.491 e. The predicted molar refractivity (Wildman–Crippen MR) is 186 cm³/mol. The minimum atomic E-state index is -3.07. The molecule has 0 radical (unpaired) electrons. The van der Waals surface area contributed by atoms with Crippen LogP contribution in [0.1, 0.15) is 78.0 Å². The molecule has 0 spiro atoms. The average Bonchev–Trinajstić information content (AvgIpc) is 3.04. The number of ether oxygens (including phenoxy) is 4. The number of rotatable bonds is 19. The van der Waals surface area contributed by atoms with Crippen molar-refractivity contribution in [3.8, 4) is 11.5 Å². The highest BCUT2D eigenvalue weighted by Crippen LogP contribution is 2.49. The van der Waals surface area contributed by atoms with Gasteiger partial charge >= 0.3 is 0 Å².